The molecule has 2 aromatic carbocycles. The first kappa shape index (κ1) is 15.8. The lowest BCUT2D eigenvalue weighted by Crippen LogP contribution is -2.08. The van der Waals surface area contributed by atoms with Gasteiger partial charge in [0.1, 0.15) is 5.75 Å². The summed E-state index contributed by atoms with van der Waals surface area (Å²) in [5.74, 6) is 0.0563. The van der Waals surface area contributed by atoms with Gasteiger partial charge >= 0.3 is 5.97 Å². The molecule has 0 N–H and O–H groups in total. The fraction of sp³-hybridized carbons (Fsp3) is 0.263. The van der Waals surface area contributed by atoms with Crippen LogP contribution in [0.1, 0.15) is 47.7 Å². The number of carbonyl (C=O) groups excluding carboxylic acids is 1. The van der Waals surface area contributed by atoms with E-state index in [2.05, 4.69) is 6.92 Å². The highest BCUT2D eigenvalue weighted by Gasteiger charge is 2.08. The lowest BCUT2D eigenvalue weighted by Gasteiger charge is -2.05. The normalized spacial score (nSPS) is 10.0. The molecule has 0 amide bonds. The third-order valence-electron chi connectivity index (χ3n) is 3.45. The van der Waals surface area contributed by atoms with Gasteiger partial charge in [0, 0.05) is 0 Å². The number of hydrogen-bond acceptors (Lipinski definition) is 3. The highest BCUT2D eigenvalue weighted by atomic mass is 16.5. The van der Waals surface area contributed by atoms with Crippen molar-refractivity contribution in [3.05, 3.63) is 65.2 Å². The van der Waals surface area contributed by atoms with Crippen molar-refractivity contribution >= 4 is 5.97 Å². The molecule has 112 valence electrons. The SMILES string of the molecule is CCCCCc1ccc(C(=O)Oc2ccc(C#N)cc2)cc1. The molecule has 2 rings (SSSR count). The predicted octanol–water partition coefficient (Wildman–Crippen LogP) is 4.51. The standard InChI is InChI=1S/C19H19NO2/c1-2-3-4-5-15-6-10-17(11-7-15)19(21)22-18-12-8-16(14-20)9-13-18/h6-13H,2-5H2,1H3. The second-order valence-electron chi connectivity index (χ2n) is 5.18. The van der Waals surface area contributed by atoms with Crippen LogP contribution in [-0.2, 0) is 6.42 Å². The second-order valence-corrected chi connectivity index (χ2v) is 5.18. The maximum atomic E-state index is 12.1. The Labute approximate surface area is 131 Å². The van der Waals surface area contributed by atoms with Gasteiger partial charge in [-0.05, 0) is 54.8 Å². The van der Waals surface area contributed by atoms with Crippen LogP contribution in [0.2, 0.25) is 0 Å². The molecule has 0 saturated heterocycles. The van der Waals surface area contributed by atoms with E-state index in [-0.39, 0.29) is 5.97 Å². The van der Waals surface area contributed by atoms with Gasteiger partial charge in [-0.3, -0.25) is 0 Å². The van der Waals surface area contributed by atoms with Gasteiger partial charge in [0.05, 0.1) is 17.2 Å². The molecule has 0 fully saturated rings. The van der Waals surface area contributed by atoms with Gasteiger partial charge in [0.2, 0.25) is 0 Å². The average Bonchev–Trinajstić information content (AvgIpc) is 2.56. The molecule has 0 saturated carbocycles. The summed E-state index contributed by atoms with van der Waals surface area (Å²) in [6.45, 7) is 2.18. The zero-order chi connectivity index (χ0) is 15.8. The highest BCUT2D eigenvalue weighted by Crippen LogP contribution is 2.15. The number of benzene rings is 2. The molecule has 0 radical (unpaired) electrons. The summed E-state index contributed by atoms with van der Waals surface area (Å²) in [5.41, 5.74) is 2.31. The van der Waals surface area contributed by atoms with Crippen LogP contribution in [0, 0.1) is 11.3 Å². The molecule has 0 aliphatic rings. The number of rotatable bonds is 6. The van der Waals surface area contributed by atoms with Crippen molar-refractivity contribution in [3.8, 4) is 11.8 Å². The third-order valence-corrected chi connectivity index (χ3v) is 3.45. The van der Waals surface area contributed by atoms with Gasteiger partial charge in [0.25, 0.3) is 0 Å². The minimum Gasteiger partial charge on any atom is -0.423 e. The zero-order valence-corrected chi connectivity index (χ0v) is 12.7. The van der Waals surface area contributed by atoms with E-state index in [9.17, 15) is 4.79 Å². The van der Waals surface area contributed by atoms with E-state index >= 15 is 0 Å². The Bertz CT molecular complexity index is 651. The number of unbranched alkanes of at least 4 members (excludes halogenated alkanes) is 2. The summed E-state index contributed by atoms with van der Waals surface area (Å²) in [6, 6.07) is 16.1. The molecule has 0 spiro atoms. The summed E-state index contributed by atoms with van der Waals surface area (Å²) >= 11 is 0. The summed E-state index contributed by atoms with van der Waals surface area (Å²) in [6.07, 6.45) is 4.64. The second kappa shape index (κ2) is 7.99. The Morgan fingerprint density at radius 1 is 1.05 bits per heavy atom. The van der Waals surface area contributed by atoms with Gasteiger partial charge in [-0.25, -0.2) is 4.79 Å². The van der Waals surface area contributed by atoms with E-state index < -0.39 is 0 Å². The molecule has 0 unspecified atom stereocenters. The van der Waals surface area contributed by atoms with E-state index in [0.717, 1.165) is 6.42 Å². The number of nitriles is 1. The van der Waals surface area contributed by atoms with Gasteiger partial charge in [0.15, 0.2) is 0 Å². The van der Waals surface area contributed by atoms with Crippen molar-refractivity contribution in [1.82, 2.24) is 0 Å². The number of hydrogen-bond donors (Lipinski definition) is 0. The summed E-state index contributed by atoms with van der Waals surface area (Å²) in [7, 11) is 0. The smallest absolute Gasteiger partial charge is 0.343 e. The van der Waals surface area contributed by atoms with Gasteiger partial charge in [-0.1, -0.05) is 31.9 Å². The lowest BCUT2D eigenvalue weighted by atomic mass is 10.1. The fourth-order valence-corrected chi connectivity index (χ4v) is 2.15. The topological polar surface area (TPSA) is 50.1 Å². The number of ether oxygens (including phenoxy) is 1. The first-order valence-corrected chi connectivity index (χ1v) is 7.54. The number of esters is 1. The van der Waals surface area contributed by atoms with E-state index in [1.807, 2.05) is 18.2 Å². The molecule has 3 heteroatoms. The molecule has 0 aliphatic carbocycles. The maximum Gasteiger partial charge on any atom is 0.343 e. The van der Waals surface area contributed by atoms with E-state index in [4.69, 9.17) is 10.00 Å². The first-order valence-electron chi connectivity index (χ1n) is 7.54. The van der Waals surface area contributed by atoms with Crippen LogP contribution in [0.5, 0.6) is 5.75 Å². The average molecular weight is 293 g/mol. The van der Waals surface area contributed by atoms with Crippen LogP contribution in [0.4, 0.5) is 0 Å². The van der Waals surface area contributed by atoms with Crippen LogP contribution >= 0.6 is 0 Å². The Kier molecular flexibility index (Phi) is 5.73. The van der Waals surface area contributed by atoms with E-state index in [1.54, 1.807) is 36.4 Å². The van der Waals surface area contributed by atoms with Gasteiger partial charge < -0.3 is 4.74 Å². The number of carbonyl (C=O) groups is 1. The van der Waals surface area contributed by atoms with E-state index in [0.29, 0.717) is 16.9 Å². The summed E-state index contributed by atoms with van der Waals surface area (Å²) in [4.78, 5) is 12.1. The van der Waals surface area contributed by atoms with Crippen molar-refractivity contribution in [1.29, 1.82) is 5.26 Å². The quantitative estimate of drug-likeness (QED) is 0.447. The van der Waals surface area contributed by atoms with E-state index in [1.165, 1.54) is 24.8 Å². The third kappa shape index (κ3) is 4.46. The Hall–Kier alpha value is -2.60. The molecule has 0 atom stereocenters. The minimum atomic E-state index is -0.384. The predicted molar refractivity (Wildman–Crippen MR) is 85.8 cm³/mol. The monoisotopic (exact) mass is 293 g/mol. The molecule has 0 aliphatic heterocycles. The molecule has 0 bridgehead atoms. The van der Waals surface area contributed by atoms with Crippen LogP contribution in [0.15, 0.2) is 48.5 Å². The fourth-order valence-electron chi connectivity index (χ4n) is 2.15. The lowest BCUT2D eigenvalue weighted by molar-refractivity contribution is 0.0735. The summed E-state index contributed by atoms with van der Waals surface area (Å²) < 4.78 is 5.29. The molecular formula is C19H19NO2. The molecule has 0 aromatic heterocycles. The first-order chi connectivity index (χ1) is 10.7. The van der Waals surface area contributed by atoms with Crippen molar-refractivity contribution in [2.75, 3.05) is 0 Å². The van der Waals surface area contributed by atoms with Crippen molar-refractivity contribution in [2.24, 2.45) is 0 Å². The Morgan fingerprint density at radius 2 is 1.73 bits per heavy atom. The van der Waals surface area contributed by atoms with Crippen molar-refractivity contribution < 1.29 is 9.53 Å². The maximum absolute atomic E-state index is 12.1. The van der Waals surface area contributed by atoms with Crippen molar-refractivity contribution in [3.63, 3.8) is 0 Å². The molecular weight excluding hydrogens is 274 g/mol. The van der Waals surface area contributed by atoms with Crippen molar-refractivity contribution in [2.45, 2.75) is 32.6 Å². The molecule has 2 aromatic rings. The molecule has 0 heterocycles. The number of nitrogens with zero attached hydrogens (tertiary/aromatic N) is 1. The highest BCUT2D eigenvalue weighted by molar-refractivity contribution is 5.91. The largest absolute Gasteiger partial charge is 0.423 e. The molecule has 3 nitrogen and oxygen atoms in total. The number of aryl methyl sites for hydroxylation is 1. The van der Waals surface area contributed by atoms with Crippen LogP contribution in [0.3, 0.4) is 0 Å². The Balaban J connectivity index is 1.95. The molecule has 22 heavy (non-hydrogen) atoms. The summed E-state index contributed by atoms with van der Waals surface area (Å²) in [5, 5.41) is 8.73. The van der Waals surface area contributed by atoms with Crippen LogP contribution in [-0.4, -0.2) is 5.97 Å². The van der Waals surface area contributed by atoms with Gasteiger partial charge in [-0.2, -0.15) is 5.26 Å². The van der Waals surface area contributed by atoms with Gasteiger partial charge in [-0.15, -0.1) is 0 Å². The Morgan fingerprint density at radius 3 is 2.32 bits per heavy atom. The minimum absolute atomic E-state index is 0.384. The van der Waals surface area contributed by atoms with Crippen LogP contribution < -0.4 is 4.74 Å². The van der Waals surface area contributed by atoms with Crippen LogP contribution in [0.25, 0.3) is 0 Å². The zero-order valence-electron chi connectivity index (χ0n) is 12.7.